The summed E-state index contributed by atoms with van der Waals surface area (Å²) in [7, 11) is 0. The zero-order chi connectivity index (χ0) is 12.0. The minimum absolute atomic E-state index is 0.271. The van der Waals surface area contributed by atoms with Crippen molar-refractivity contribution >= 4 is 5.97 Å². The fraction of sp³-hybridized carbons (Fsp3) is 0.308. The molecule has 1 aromatic rings. The molecule has 1 N–H and O–H groups in total. The van der Waals surface area contributed by atoms with Crippen LogP contribution in [0.1, 0.15) is 25.5 Å². The molecule has 0 heterocycles. The van der Waals surface area contributed by atoms with Gasteiger partial charge in [0.15, 0.2) is 0 Å². The molecule has 0 radical (unpaired) electrons. The summed E-state index contributed by atoms with van der Waals surface area (Å²) in [4.78, 5) is 11.5. The second kappa shape index (κ2) is 6.08. The molecule has 3 nitrogen and oxygen atoms in total. The van der Waals surface area contributed by atoms with Crippen molar-refractivity contribution in [3.8, 4) is 0 Å². The number of aliphatic hydroxyl groups is 1. The molecule has 0 aliphatic rings. The smallest absolute Gasteiger partial charge is 0.336 e. The van der Waals surface area contributed by atoms with Crippen LogP contribution in [0.25, 0.3) is 0 Å². The van der Waals surface area contributed by atoms with E-state index in [1.807, 2.05) is 18.2 Å². The predicted molar refractivity (Wildman–Crippen MR) is 61.8 cm³/mol. The first-order valence-electron chi connectivity index (χ1n) is 5.27. The summed E-state index contributed by atoms with van der Waals surface area (Å²) < 4.78 is 4.87. The maximum atomic E-state index is 11.5. The highest BCUT2D eigenvalue weighted by Gasteiger charge is 2.20. The van der Waals surface area contributed by atoms with Gasteiger partial charge in [0.2, 0.25) is 0 Å². The SMILES string of the molecule is C/C=C(/C(=O)OCC)C(O)c1ccccc1. The van der Waals surface area contributed by atoms with Crippen molar-refractivity contribution in [2.24, 2.45) is 0 Å². The molecule has 1 atom stereocenters. The Labute approximate surface area is 95.4 Å². The Kier molecular flexibility index (Phi) is 4.73. The largest absolute Gasteiger partial charge is 0.463 e. The Hall–Kier alpha value is -1.61. The first-order chi connectivity index (χ1) is 7.70. The fourth-order valence-electron chi connectivity index (χ4n) is 1.42. The lowest BCUT2D eigenvalue weighted by molar-refractivity contribution is -0.139. The van der Waals surface area contributed by atoms with Crippen LogP contribution >= 0.6 is 0 Å². The van der Waals surface area contributed by atoms with Crippen LogP contribution in [0.3, 0.4) is 0 Å². The van der Waals surface area contributed by atoms with Crippen LogP contribution in [0.2, 0.25) is 0 Å². The summed E-state index contributed by atoms with van der Waals surface area (Å²) in [5.41, 5.74) is 0.955. The number of hydrogen-bond acceptors (Lipinski definition) is 3. The van der Waals surface area contributed by atoms with Gasteiger partial charge in [-0.05, 0) is 19.4 Å². The quantitative estimate of drug-likeness (QED) is 0.625. The molecule has 3 heteroatoms. The molecular formula is C13H16O3. The van der Waals surface area contributed by atoms with Crippen LogP contribution in [0.5, 0.6) is 0 Å². The summed E-state index contributed by atoms with van der Waals surface area (Å²) in [6.45, 7) is 3.75. The van der Waals surface area contributed by atoms with Crippen molar-refractivity contribution in [3.05, 3.63) is 47.5 Å². The van der Waals surface area contributed by atoms with Gasteiger partial charge in [0, 0.05) is 0 Å². The summed E-state index contributed by atoms with van der Waals surface area (Å²) in [6.07, 6.45) is 0.653. The average Bonchev–Trinajstić information content (AvgIpc) is 2.31. The van der Waals surface area contributed by atoms with E-state index in [0.717, 1.165) is 0 Å². The molecule has 0 aromatic heterocycles. The number of ether oxygens (including phenoxy) is 1. The lowest BCUT2D eigenvalue weighted by Gasteiger charge is -2.13. The number of aliphatic hydroxyl groups excluding tert-OH is 1. The van der Waals surface area contributed by atoms with Gasteiger partial charge >= 0.3 is 5.97 Å². The third-order valence-corrected chi connectivity index (χ3v) is 2.23. The van der Waals surface area contributed by atoms with E-state index < -0.39 is 12.1 Å². The van der Waals surface area contributed by atoms with E-state index in [-0.39, 0.29) is 5.57 Å². The standard InChI is InChI=1S/C13H16O3/c1-3-11(13(15)16-4-2)12(14)10-8-6-5-7-9-10/h3,5-9,12,14H,4H2,1-2H3/b11-3+. The maximum Gasteiger partial charge on any atom is 0.336 e. The minimum Gasteiger partial charge on any atom is -0.463 e. The Morgan fingerprint density at radius 2 is 2.06 bits per heavy atom. The normalized spacial score (nSPS) is 13.3. The van der Waals surface area contributed by atoms with E-state index in [1.165, 1.54) is 0 Å². The summed E-state index contributed by atoms with van der Waals surface area (Å²) in [6, 6.07) is 9.03. The molecule has 16 heavy (non-hydrogen) atoms. The average molecular weight is 220 g/mol. The van der Waals surface area contributed by atoms with Gasteiger partial charge in [-0.25, -0.2) is 4.79 Å². The van der Waals surface area contributed by atoms with E-state index >= 15 is 0 Å². The van der Waals surface area contributed by atoms with Gasteiger partial charge in [-0.1, -0.05) is 36.4 Å². The van der Waals surface area contributed by atoms with E-state index in [4.69, 9.17) is 4.74 Å². The molecule has 0 saturated heterocycles. The van der Waals surface area contributed by atoms with Crippen molar-refractivity contribution in [2.45, 2.75) is 20.0 Å². The van der Waals surface area contributed by atoms with Crippen molar-refractivity contribution in [2.75, 3.05) is 6.61 Å². The van der Waals surface area contributed by atoms with Gasteiger partial charge in [0.25, 0.3) is 0 Å². The Morgan fingerprint density at radius 3 is 2.56 bits per heavy atom. The second-order valence-electron chi connectivity index (χ2n) is 3.28. The van der Waals surface area contributed by atoms with E-state index in [9.17, 15) is 9.90 Å². The zero-order valence-corrected chi connectivity index (χ0v) is 9.51. The molecule has 0 saturated carbocycles. The predicted octanol–water partition coefficient (Wildman–Crippen LogP) is 2.23. The first-order valence-corrected chi connectivity index (χ1v) is 5.27. The lowest BCUT2D eigenvalue weighted by Crippen LogP contribution is -2.14. The Bertz CT molecular complexity index is 368. The molecule has 0 aliphatic heterocycles. The van der Waals surface area contributed by atoms with Crippen LogP contribution in [-0.4, -0.2) is 17.7 Å². The lowest BCUT2D eigenvalue weighted by atomic mass is 10.0. The highest BCUT2D eigenvalue weighted by Crippen LogP contribution is 2.22. The third-order valence-electron chi connectivity index (χ3n) is 2.23. The molecule has 0 spiro atoms. The van der Waals surface area contributed by atoms with Crippen LogP contribution in [0, 0.1) is 0 Å². The van der Waals surface area contributed by atoms with Crippen LogP contribution in [0.15, 0.2) is 42.0 Å². The van der Waals surface area contributed by atoms with Gasteiger partial charge in [-0.15, -0.1) is 0 Å². The van der Waals surface area contributed by atoms with Gasteiger partial charge in [0.1, 0.15) is 6.10 Å². The minimum atomic E-state index is -0.926. The van der Waals surface area contributed by atoms with Gasteiger partial charge in [-0.2, -0.15) is 0 Å². The molecule has 0 amide bonds. The number of benzene rings is 1. The summed E-state index contributed by atoms with van der Waals surface area (Å²) >= 11 is 0. The number of hydrogen-bond donors (Lipinski definition) is 1. The molecule has 1 rings (SSSR count). The summed E-state index contributed by atoms with van der Waals surface area (Å²) in [5.74, 6) is -0.471. The molecule has 0 fully saturated rings. The van der Waals surface area contributed by atoms with Crippen molar-refractivity contribution in [1.29, 1.82) is 0 Å². The topological polar surface area (TPSA) is 46.5 Å². The third kappa shape index (κ3) is 2.94. The van der Waals surface area contributed by atoms with E-state index in [0.29, 0.717) is 12.2 Å². The molecule has 86 valence electrons. The molecule has 1 aromatic carbocycles. The summed E-state index contributed by atoms with van der Waals surface area (Å²) in [5, 5.41) is 10.0. The van der Waals surface area contributed by atoms with Gasteiger partial charge in [-0.3, -0.25) is 0 Å². The van der Waals surface area contributed by atoms with Crippen molar-refractivity contribution in [3.63, 3.8) is 0 Å². The van der Waals surface area contributed by atoms with E-state index in [1.54, 1.807) is 32.1 Å². The molecular weight excluding hydrogens is 204 g/mol. The van der Waals surface area contributed by atoms with Crippen LogP contribution in [-0.2, 0) is 9.53 Å². The fourth-order valence-corrected chi connectivity index (χ4v) is 1.42. The Morgan fingerprint density at radius 1 is 1.44 bits per heavy atom. The highest BCUT2D eigenvalue weighted by atomic mass is 16.5. The van der Waals surface area contributed by atoms with Crippen molar-refractivity contribution < 1.29 is 14.6 Å². The molecule has 1 unspecified atom stereocenters. The monoisotopic (exact) mass is 220 g/mol. The number of rotatable bonds is 4. The van der Waals surface area contributed by atoms with Gasteiger partial charge in [0.05, 0.1) is 12.2 Å². The Balaban J connectivity index is 2.87. The van der Waals surface area contributed by atoms with Crippen molar-refractivity contribution in [1.82, 2.24) is 0 Å². The second-order valence-corrected chi connectivity index (χ2v) is 3.28. The number of carbonyl (C=O) groups is 1. The molecule has 0 bridgehead atoms. The van der Waals surface area contributed by atoms with E-state index in [2.05, 4.69) is 0 Å². The number of allylic oxidation sites excluding steroid dienone is 1. The molecule has 0 aliphatic carbocycles. The highest BCUT2D eigenvalue weighted by molar-refractivity contribution is 5.89. The number of esters is 1. The zero-order valence-electron chi connectivity index (χ0n) is 9.51. The first kappa shape index (κ1) is 12.5. The maximum absolute atomic E-state index is 11.5. The van der Waals surface area contributed by atoms with Crippen LogP contribution < -0.4 is 0 Å². The van der Waals surface area contributed by atoms with Gasteiger partial charge < -0.3 is 9.84 Å². The number of carbonyl (C=O) groups excluding carboxylic acids is 1. The van der Waals surface area contributed by atoms with Crippen LogP contribution in [0.4, 0.5) is 0 Å².